The molecule has 3 nitrogen and oxygen atoms in total. The van der Waals surface area contributed by atoms with Gasteiger partial charge in [0.25, 0.3) is 5.91 Å². The molecular formula is C16H16BrNO2. The lowest BCUT2D eigenvalue weighted by Gasteiger charge is -2.08. The van der Waals surface area contributed by atoms with Crippen LogP contribution in [0.5, 0.6) is 5.75 Å². The number of carbonyl (C=O) groups is 1. The summed E-state index contributed by atoms with van der Waals surface area (Å²) in [5.74, 6) is 0.672. The zero-order valence-electron chi connectivity index (χ0n) is 11.2. The molecule has 0 bridgehead atoms. The summed E-state index contributed by atoms with van der Waals surface area (Å²) in [6, 6.07) is 14.7. The molecule has 0 heterocycles. The highest BCUT2D eigenvalue weighted by molar-refractivity contribution is 9.10. The molecule has 0 aliphatic rings. The Labute approximate surface area is 127 Å². The van der Waals surface area contributed by atoms with Gasteiger partial charge in [-0.05, 0) is 58.7 Å². The molecule has 0 spiro atoms. The Morgan fingerprint density at radius 2 is 1.85 bits per heavy atom. The fraction of sp³-hybridized carbons (Fsp3) is 0.188. The molecule has 0 unspecified atom stereocenters. The molecule has 2 rings (SSSR count). The van der Waals surface area contributed by atoms with Gasteiger partial charge in [0.1, 0.15) is 5.75 Å². The number of nitrogens with one attached hydrogen (secondary N) is 1. The molecule has 0 radical (unpaired) electrons. The van der Waals surface area contributed by atoms with Gasteiger partial charge in [-0.1, -0.05) is 19.1 Å². The molecule has 0 aliphatic carbocycles. The first kappa shape index (κ1) is 14.6. The molecule has 0 aliphatic heterocycles. The van der Waals surface area contributed by atoms with Crippen LogP contribution in [0, 0.1) is 0 Å². The number of anilines is 1. The molecule has 1 amide bonds. The van der Waals surface area contributed by atoms with Crippen molar-refractivity contribution in [1.82, 2.24) is 0 Å². The molecule has 0 fully saturated rings. The van der Waals surface area contributed by atoms with Crippen molar-refractivity contribution in [3.8, 4) is 5.75 Å². The van der Waals surface area contributed by atoms with E-state index in [0.29, 0.717) is 12.2 Å². The van der Waals surface area contributed by atoms with Gasteiger partial charge in [-0.25, -0.2) is 0 Å². The van der Waals surface area contributed by atoms with Gasteiger partial charge in [-0.2, -0.15) is 0 Å². The van der Waals surface area contributed by atoms with Crippen molar-refractivity contribution in [2.24, 2.45) is 0 Å². The van der Waals surface area contributed by atoms with Gasteiger partial charge < -0.3 is 10.1 Å². The first-order valence-electron chi connectivity index (χ1n) is 6.49. The maximum atomic E-state index is 12.1. The third-order valence-electron chi connectivity index (χ3n) is 2.70. The lowest BCUT2D eigenvalue weighted by Crippen LogP contribution is -2.12. The molecule has 20 heavy (non-hydrogen) atoms. The van der Waals surface area contributed by atoms with E-state index in [-0.39, 0.29) is 5.91 Å². The fourth-order valence-corrected chi connectivity index (χ4v) is 2.16. The van der Waals surface area contributed by atoms with Crippen molar-refractivity contribution in [1.29, 1.82) is 0 Å². The van der Waals surface area contributed by atoms with Gasteiger partial charge >= 0.3 is 0 Å². The second-order valence-corrected chi connectivity index (χ2v) is 5.16. The average Bonchev–Trinajstić information content (AvgIpc) is 2.47. The first-order chi connectivity index (χ1) is 9.70. The van der Waals surface area contributed by atoms with Crippen LogP contribution < -0.4 is 10.1 Å². The number of halogens is 1. The average molecular weight is 334 g/mol. The maximum Gasteiger partial charge on any atom is 0.256 e. The standard InChI is InChI=1S/C16H16BrNO2/c1-2-11-20-13-9-7-12(8-10-13)18-16(19)14-5-3-4-6-15(14)17/h3-10H,2,11H2,1H3,(H,18,19). The largest absolute Gasteiger partial charge is 0.494 e. The van der Waals surface area contributed by atoms with Crippen LogP contribution in [0.4, 0.5) is 5.69 Å². The summed E-state index contributed by atoms with van der Waals surface area (Å²) in [6.45, 7) is 2.76. The molecule has 0 aromatic heterocycles. The molecule has 0 saturated carbocycles. The van der Waals surface area contributed by atoms with E-state index in [1.807, 2.05) is 42.5 Å². The molecule has 2 aromatic carbocycles. The Morgan fingerprint density at radius 1 is 1.15 bits per heavy atom. The Bertz CT molecular complexity index is 581. The Morgan fingerprint density at radius 3 is 2.50 bits per heavy atom. The summed E-state index contributed by atoms with van der Waals surface area (Å²) in [4.78, 5) is 12.1. The van der Waals surface area contributed by atoms with Crippen LogP contribution in [0.15, 0.2) is 53.0 Å². The highest BCUT2D eigenvalue weighted by Gasteiger charge is 2.09. The van der Waals surface area contributed by atoms with E-state index in [0.717, 1.165) is 22.3 Å². The van der Waals surface area contributed by atoms with E-state index in [9.17, 15) is 4.79 Å². The van der Waals surface area contributed by atoms with E-state index in [1.165, 1.54) is 0 Å². The monoisotopic (exact) mass is 333 g/mol. The van der Waals surface area contributed by atoms with Crippen molar-refractivity contribution >= 4 is 27.5 Å². The van der Waals surface area contributed by atoms with E-state index in [4.69, 9.17) is 4.74 Å². The third kappa shape index (κ3) is 3.84. The van der Waals surface area contributed by atoms with Crippen molar-refractivity contribution in [3.05, 3.63) is 58.6 Å². The Hall–Kier alpha value is -1.81. The SMILES string of the molecule is CCCOc1ccc(NC(=O)c2ccccc2Br)cc1. The minimum absolute atomic E-state index is 0.139. The highest BCUT2D eigenvalue weighted by atomic mass is 79.9. The lowest BCUT2D eigenvalue weighted by atomic mass is 10.2. The van der Waals surface area contributed by atoms with Gasteiger partial charge in [0.2, 0.25) is 0 Å². The minimum Gasteiger partial charge on any atom is -0.494 e. The number of benzene rings is 2. The Kier molecular flexibility index (Phi) is 5.18. The molecule has 4 heteroatoms. The molecule has 0 atom stereocenters. The third-order valence-corrected chi connectivity index (χ3v) is 3.40. The summed E-state index contributed by atoms with van der Waals surface area (Å²) in [6.07, 6.45) is 0.973. The van der Waals surface area contributed by atoms with Crippen LogP contribution >= 0.6 is 15.9 Å². The molecule has 1 N–H and O–H groups in total. The lowest BCUT2D eigenvalue weighted by molar-refractivity contribution is 0.102. The molecular weight excluding hydrogens is 318 g/mol. The number of carbonyl (C=O) groups excluding carboxylic acids is 1. The summed E-state index contributed by atoms with van der Waals surface area (Å²) in [7, 11) is 0. The van der Waals surface area contributed by atoms with E-state index >= 15 is 0 Å². The predicted octanol–water partition coefficient (Wildman–Crippen LogP) is 4.49. The molecule has 104 valence electrons. The van der Waals surface area contributed by atoms with Crippen molar-refractivity contribution < 1.29 is 9.53 Å². The van der Waals surface area contributed by atoms with Gasteiger partial charge in [0, 0.05) is 10.2 Å². The van der Waals surface area contributed by atoms with Crippen molar-refractivity contribution in [2.45, 2.75) is 13.3 Å². The fourth-order valence-electron chi connectivity index (χ4n) is 1.70. The van der Waals surface area contributed by atoms with Crippen LogP contribution in [0.25, 0.3) is 0 Å². The highest BCUT2D eigenvalue weighted by Crippen LogP contribution is 2.19. The second-order valence-electron chi connectivity index (χ2n) is 4.31. The molecule has 2 aromatic rings. The van der Waals surface area contributed by atoms with E-state index in [1.54, 1.807) is 6.07 Å². The van der Waals surface area contributed by atoms with Crippen LogP contribution in [-0.2, 0) is 0 Å². The molecule has 0 saturated heterocycles. The summed E-state index contributed by atoms with van der Waals surface area (Å²) >= 11 is 3.37. The normalized spacial score (nSPS) is 10.1. The van der Waals surface area contributed by atoms with Gasteiger partial charge in [-0.3, -0.25) is 4.79 Å². The number of ether oxygens (including phenoxy) is 1. The number of rotatable bonds is 5. The topological polar surface area (TPSA) is 38.3 Å². The van der Waals surface area contributed by atoms with Gasteiger partial charge in [0.05, 0.1) is 12.2 Å². The van der Waals surface area contributed by atoms with E-state index in [2.05, 4.69) is 28.2 Å². The number of amides is 1. The predicted molar refractivity (Wildman–Crippen MR) is 84.3 cm³/mol. The number of hydrogen-bond donors (Lipinski definition) is 1. The number of hydrogen-bond acceptors (Lipinski definition) is 2. The van der Waals surface area contributed by atoms with Gasteiger partial charge in [0.15, 0.2) is 0 Å². The summed E-state index contributed by atoms with van der Waals surface area (Å²) < 4.78 is 6.28. The first-order valence-corrected chi connectivity index (χ1v) is 7.28. The van der Waals surface area contributed by atoms with Crippen molar-refractivity contribution in [2.75, 3.05) is 11.9 Å². The van der Waals surface area contributed by atoms with Crippen LogP contribution in [0.3, 0.4) is 0 Å². The quantitative estimate of drug-likeness (QED) is 0.875. The van der Waals surface area contributed by atoms with Gasteiger partial charge in [-0.15, -0.1) is 0 Å². The van der Waals surface area contributed by atoms with E-state index < -0.39 is 0 Å². The maximum absolute atomic E-state index is 12.1. The summed E-state index contributed by atoms with van der Waals surface area (Å²) in [5.41, 5.74) is 1.36. The summed E-state index contributed by atoms with van der Waals surface area (Å²) in [5, 5.41) is 2.86. The van der Waals surface area contributed by atoms with Crippen LogP contribution in [-0.4, -0.2) is 12.5 Å². The van der Waals surface area contributed by atoms with Crippen molar-refractivity contribution in [3.63, 3.8) is 0 Å². The Balaban J connectivity index is 2.03. The minimum atomic E-state index is -0.139. The zero-order valence-corrected chi connectivity index (χ0v) is 12.8. The zero-order chi connectivity index (χ0) is 14.4. The van der Waals surface area contributed by atoms with Crippen LogP contribution in [0.2, 0.25) is 0 Å². The smallest absolute Gasteiger partial charge is 0.256 e. The second kappa shape index (κ2) is 7.10. The van der Waals surface area contributed by atoms with Crippen LogP contribution in [0.1, 0.15) is 23.7 Å².